The Hall–Kier alpha value is -4.59. The maximum Gasteiger partial charge on any atom is 0.253 e. The van der Waals surface area contributed by atoms with Crippen molar-refractivity contribution in [3.63, 3.8) is 0 Å². The smallest absolute Gasteiger partial charge is 0.253 e. The summed E-state index contributed by atoms with van der Waals surface area (Å²) in [6.07, 6.45) is 3.53. The van der Waals surface area contributed by atoms with Crippen molar-refractivity contribution < 1.29 is 4.79 Å². The van der Waals surface area contributed by atoms with Crippen molar-refractivity contribution in [2.24, 2.45) is 0 Å². The highest BCUT2D eigenvalue weighted by Gasteiger charge is 2.18. The van der Waals surface area contributed by atoms with Crippen LogP contribution in [0.5, 0.6) is 0 Å². The largest absolute Gasteiger partial charge is 0.337 e. The molecule has 0 fully saturated rings. The van der Waals surface area contributed by atoms with Crippen molar-refractivity contribution in [3.8, 4) is 22.6 Å². The minimum absolute atomic E-state index is 0.0714. The molecule has 0 saturated carbocycles. The van der Waals surface area contributed by atoms with Crippen molar-refractivity contribution in [1.82, 2.24) is 34.9 Å². The molecular formula is C26H23N7O. The van der Waals surface area contributed by atoms with E-state index in [0.29, 0.717) is 12.1 Å². The second-order valence-electron chi connectivity index (χ2n) is 8.07. The van der Waals surface area contributed by atoms with Gasteiger partial charge in [-0.15, -0.1) is 5.10 Å². The molecule has 34 heavy (non-hydrogen) atoms. The number of para-hydroxylation sites is 1. The van der Waals surface area contributed by atoms with Crippen LogP contribution in [0.25, 0.3) is 22.6 Å². The number of carbonyl (C=O) groups is 1. The van der Waals surface area contributed by atoms with Crippen molar-refractivity contribution in [2.45, 2.75) is 13.5 Å². The highest BCUT2D eigenvalue weighted by atomic mass is 16.2. The van der Waals surface area contributed by atoms with Crippen molar-refractivity contribution in [2.75, 3.05) is 7.05 Å². The minimum atomic E-state index is -0.0714. The van der Waals surface area contributed by atoms with Gasteiger partial charge < -0.3 is 4.90 Å². The monoisotopic (exact) mass is 449 g/mol. The summed E-state index contributed by atoms with van der Waals surface area (Å²) in [5.41, 5.74) is 6.15. The third kappa shape index (κ3) is 4.21. The molecule has 0 aliphatic carbocycles. The molecule has 0 radical (unpaired) electrons. The molecule has 0 aliphatic rings. The number of benzene rings is 3. The Morgan fingerprint density at radius 2 is 1.68 bits per heavy atom. The van der Waals surface area contributed by atoms with Gasteiger partial charge in [0.05, 0.1) is 17.1 Å². The predicted molar refractivity (Wildman–Crippen MR) is 129 cm³/mol. The fourth-order valence-corrected chi connectivity index (χ4v) is 3.94. The summed E-state index contributed by atoms with van der Waals surface area (Å²) in [5, 5.41) is 16.1. The highest BCUT2D eigenvalue weighted by molar-refractivity contribution is 5.94. The van der Waals surface area contributed by atoms with Gasteiger partial charge in [0.2, 0.25) is 0 Å². The van der Waals surface area contributed by atoms with E-state index in [1.165, 1.54) is 6.33 Å². The van der Waals surface area contributed by atoms with Crippen LogP contribution in [0.3, 0.4) is 0 Å². The molecule has 0 unspecified atom stereocenters. The number of carbonyl (C=O) groups excluding carboxylic acids is 1. The lowest BCUT2D eigenvalue weighted by molar-refractivity contribution is 0.0785. The van der Waals surface area contributed by atoms with Gasteiger partial charge in [-0.25, -0.2) is 9.36 Å². The topological polar surface area (TPSA) is 81.7 Å². The number of aromatic nitrogens is 6. The van der Waals surface area contributed by atoms with E-state index in [2.05, 4.69) is 15.5 Å². The maximum absolute atomic E-state index is 13.3. The zero-order valence-corrected chi connectivity index (χ0v) is 18.9. The van der Waals surface area contributed by atoms with E-state index in [9.17, 15) is 4.79 Å². The number of tetrazole rings is 1. The Kier molecular flexibility index (Phi) is 5.70. The van der Waals surface area contributed by atoms with Crippen molar-refractivity contribution in [3.05, 3.63) is 108 Å². The van der Waals surface area contributed by atoms with Crippen LogP contribution in [0.4, 0.5) is 0 Å². The molecule has 8 nitrogen and oxygen atoms in total. The number of nitrogens with zero attached hydrogens (tertiary/aromatic N) is 7. The summed E-state index contributed by atoms with van der Waals surface area (Å²) in [6, 6.07) is 25.5. The standard InChI is InChI=1S/C26H23N7O/c1-19-15-21(13-14-24(19)33-18-27-29-30-33)26(34)31(2)16-22-17-32(23-11-7-4-8-12-23)28-25(22)20-9-5-3-6-10-20/h3-15,17-18H,16H2,1-2H3. The number of rotatable bonds is 6. The van der Waals surface area contributed by atoms with Crippen LogP contribution < -0.4 is 0 Å². The van der Waals surface area contributed by atoms with E-state index in [0.717, 1.165) is 33.8 Å². The van der Waals surface area contributed by atoms with E-state index in [1.54, 1.807) is 15.6 Å². The fourth-order valence-electron chi connectivity index (χ4n) is 3.94. The molecule has 0 aliphatic heterocycles. The molecule has 2 heterocycles. The van der Waals surface area contributed by atoms with Gasteiger partial charge in [0.15, 0.2) is 0 Å². The molecule has 5 rings (SSSR count). The van der Waals surface area contributed by atoms with Gasteiger partial charge in [-0.2, -0.15) is 5.10 Å². The molecule has 0 atom stereocenters. The van der Waals surface area contributed by atoms with Gasteiger partial charge in [-0.05, 0) is 53.2 Å². The zero-order chi connectivity index (χ0) is 23.5. The van der Waals surface area contributed by atoms with E-state index in [4.69, 9.17) is 5.10 Å². The van der Waals surface area contributed by atoms with Gasteiger partial charge in [0.25, 0.3) is 5.91 Å². The maximum atomic E-state index is 13.3. The van der Waals surface area contributed by atoms with Gasteiger partial charge in [0, 0.05) is 36.5 Å². The van der Waals surface area contributed by atoms with Gasteiger partial charge in [-0.3, -0.25) is 4.79 Å². The Labute approximate surface area is 197 Å². The Bertz CT molecular complexity index is 1410. The summed E-state index contributed by atoms with van der Waals surface area (Å²) < 4.78 is 3.44. The number of hydrogen-bond donors (Lipinski definition) is 0. The molecular weight excluding hydrogens is 426 g/mol. The van der Waals surface area contributed by atoms with Crippen LogP contribution in [-0.2, 0) is 6.54 Å². The summed E-state index contributed by atoms with van der Waals surface area (Å²) in [7, 11) is 1.81. The van der Waals surface area contributed by atoms with Gasteiger partial charge in [0.1, 0.15) is 6.33 Å². The second kappa shape index (κ2) is 9.11. The first-order valence-corrected chi connectivity index (χ1v) is 10.9. The molecule has 1 amide bonds. The Morgan fingerprint density at radius 3 is 2.35 bits per heavy atom. The Balaban J connectivity index is 1.44. The molecule has 8 heteroatoms. The molecule has 0 bridgehead atoms. The van der Waals surface area contributed by atoms with Crippen molar-refractivity contribution in [1.29, 1.82) is 0 Å². The van der Waals surface area contributed by atoms with E-state index < -0.39 is 0 Å². The first-order chi connectivity index (χ1) is 16.6. The predicted octanol–water partition coefficient (Wildman–Crippen LogP) is 4.10. The Morgan fingerprint density at radius 1 is 0.941 bits per heavy atom. The van der Waals surface area contributed by atoms with E-state index in [1.807, 2.05) is 97.6 Å². The minimum Gasteiger partial charge on any atom is -0.337 e. The average Bonchev–Trinajstić information content (AvgIpc) is 3.55. The molecule has 3 aromatic carbocycles. The normalized spacial score (nSPS) is 10.9. The van der Waals surface area contributed by atoms with Crippen LogP contribution >= 0.6 is 0 Å². The summed E-state index contributed by atoms with van der Waals surface area (Å²) in [6.45, 7) is 2.36. The molecule has 0 saturated heterocycles. The molecule has 0 N–H and O–H groups in total. The fraction of sp³-hybridized carbons (Fsp3) is 0.115. The van der Waals surface area contributed by atoms with Crippen LogP contribution in [0.1, 0.15) is 21.5 Å². The summed E-state index contributed by atoms with van der Waals surface area (Å²) in [5.74, 6) is -0.0714. The van der Waals surface area contributed by atoms with E-state index in [-0.39, 0.29) is 5.91 Å². The lowest BCUT2D eigenvalue weighted by Gasteiger charge is -2.18. The van der Waals surface area contributed by atoms with Crippen LogP contribution in [-0.4, -0.2) is 47.8 Å². The molecule has 5 aromatic rings. The van der Waals surface area contributed by atoms with Crippen LogP contribution in [0.15, 0.2) is 91.4 Å². The lowest BCUT2D eigenvalue weighted by atomic mass is 10.1. The van der Waals surface area contributed by atoms with Crippen LogP contribution in [0.2, 0.25) is 0 Å². The quantitative estimate of drug-likeness (QED) is 0.390. The van der Waals surface area contributed by atoms with E-state index >= 15 is 0 Å². The molecule has 168 valence electrons. The summed E-state index contributed by atoms with van der Waals surface area (Å²) >= 11 is 0. The first kappa shape index (κ1) is 21.3. The van der Waals surface area contributed by atoms with Gasteiger partial charge >= 0.3 is 0 Å². The molecule has 0 spiro atoms. The highest BCUT2D eigenvalue weighted by Crippen LogP contribution is 2.25. The molecule has 2 aromatic heterocycles. The van der Waals surface area contributed by atoms with Crippen LogP contribution in [0, 0.1) is 6.92 Å². The first-order valence-electron chi connectivity index (χ1n) is 10.9. The third-order valence-electron chi connectivity index (χ3n) is 5.65. The second-order valence-corrected chi connectivity index (χ2v) is 8.07. The number of hydrogen-bond acceptors (Lipinski definition) is 5. The average molecular weight is 450 g/mol. The zero-order valence-electron chi connectivity index (χ0n) is 18.9. The third-order valence-corrected chi connectivity index (χ3v) is 5.65. The number of aryl methyl sites for hydroxylation is 1. The van der Waals surface area contributed by atoms with Crippen molar-refractivity contribution >= 4 is 5.91 Å². The number of amides is 1. The SMILES string of the molecule is Cc1cc(C(=O)N(C)Cc2cn(-c3ccccc3)nc2-c2ccccc2)ccc1-n1cnnn1. The summed E-state index contributed by atoms with van der Waals surface area (Å²) in [4.78, 5) is 15.0. The lowest BCUT2D eigenvalue weighted by Crippen LogP contribution is -2.26. The van der Waals surface area contributed by atoms with Gasteiger partial charge in [-0.1, -0.05) is 48.5 Å².